The molecule has 1 heterocycles. The van der Waals surface area contributed by atoms with E-state index in [2.05, 4.69) is 10.6 Å². The fourth-order valence-electron chi connectivity index (χ4n) is 2.89. The van der Waals surface area contributed by atoms with Crippen LogP contribution in [0.5, 0.6) is 0 Å². The van der Waals surface area contributed by atoms with Gasteiger partial charge in [-0.1, -0.05) is 6.07 Å². The van der Waals surface area contributed by atoms with Crippen molar-refractivity contribution >= 4 is 28.4 Å². The van der Waals surface area contributed by atoms with E-state index in [9.17, 15) is 9.59 Å². The van der Waals surface area contributed by atoms with Crippen LogP contribution in [0.4, 0.5) is 16.2 Å². The topological polar surface area (TPSA) is 68.1 Å². The zero-order valence-electron chi connectivity index (χ0n) is 15.1. The lowest BCUT2D eigenvalue weighted by molar-refractivity contribution is 0.262. The second kappa shape index (κ2) is 6.12. The first kappa shape index (κ1) is 16.8. The molecule has 0 saturated carbocycles. The molecule has 1 aromatic heterocycles. The summed E-state index contributed by atoms with van der Waals surface area (Å²) >= 11 is 0. The Bertz CT molecular complexity index is 1040. The molecular weight excluding hydrogens is 316 g/mol. The molecule has 2 aromatic carbocycles. The van der Waals surface area contributed by atoms with Gasteiger partial charge in [0.2, 0.25) is 0 Å². The summed E-state index contributed by atoms with van der Waals surface area (Å²) in [4.78, 5) is 24.4. The van der Waals surface area contributed by atoms with Crippen molar-refractivity contribution in [2.75, 3.05) is 10.6 Å². The summed E-state index contributed by atoms with van der Waals surface area (Å²) < 4.78 is 3.17. The third-order valence-electron chi connectivity index (χ3n) is 4.63. The van der Waals surface area contributed by atoms with E-state index in [0.29, 0.717) is 5.69 Å². The Kier molecular flexibility index (Phi) is 4.12. The van der Waals surface area contributed by atoms with Crippen LogP contribution in [0.3, 0.4) is 0 Å². The minimum Gasteiger partial charge on any atom is -0.308 e. The molecule has 0 fully saturated rings. The van der Waals surface area contributed by atoms with Gasteiger partial charge in [0.25, 0.3) is 0 Å². The summed E-state index contributed by atoms with van der Waals surface area (Å²) in [6.07, 6.45) is 0. The van der Waals surface area contributed by atoms with Crippen LogP contribution in [0.15, 0.2) is 35.1 Å². The molecule has 0 aliphatic rings. The average Bonchev–Trinajstić information content (AvgIpc) is 2.76. The molecule has 3 aromatic rings. The van der Waals surface area contributed by atoms with Crippen molar-refractivity contribution in [3.63, 3.8) is 0 Å². The van der Waals surface area contributed by atoms with Gasteiger partial charge in [0, 0.05) is 25.5 Å². The number of carbonyl (C=O) groups excluding carboxylic acids is 1. The average molecular weight is 338 g/mol. The number of aryl methyl sites for hydroxylation is 5. The highest BCUT2D eigenvalue weighted by molar-refractivity contribution is 6.01. The number of anilines is 2. The predicted molar refractivity (Wildman–Crippen MR) is 101 cm³/mol. The number of urea groups is 1. The van der Waals surface area contributed by atoms with E-state index in [1.54, 1.807) is 23.2 Å². The van der Waals surface area contributed by atoms with E-state index in [0.717, 1.165) is 27.8 Å². The fourth-order valence-corrected chi connectivity index (χ4v) is 2.89. The van der Waals surface area contributed by atoms with Gasteiger partial charge < -0.3 is 10.6 Å². The van der Waals surface area contributed by atoms with E-state index >= 15 is 0 Å². The van der Waals surface area contributed by atoms with Crippen LogP contribution in [-0.4, -0.2) is 15.2 Å². The smallest absolute Gasteiger partial charge is 0.308 e. The maximum absolute atomic E-state index is 12.3. The van der Waals surface area contributed by atoms with Crippen LogP contribution in [0, 0.1) is 20.8 Å². The highest BCUT2D eigenvalue weighted by atomic mass is 16.2. The zero-order chi connectivity index (χ0) is 18.3. The van der Waals surface area contributed by atoms with E-state index in [1.807, 2.05) is 51.1 Å². The van der Waals surface area contributed by atoms with E-state index in [-0.39, 0.29) is 11.7 Å². The van der Waals surface area contributed by atoms with Crippen molar-refractivity contribution in [2.24, 2.45) is 14.1 Å². The lowest BCUT2D eigenvalue weighted by Gasteiger charge is -2.12. The van der Waals surface area contributed by atoms with Crippen LogP contribution in [-0.2, 0) is 14.1 Å². The lowest BCUT2D eigenvalue weighted by atomic mass is 10.1. The standard InChI is InChI=1S/C19H22N4O2/c1-11-6-7-14(8-12(11)2)20-18(24)21-15-10-17-16(9-13(15)3)22(4)19(25)23(17)5/h6-10H,1-5H3,(H2,20,21,24). The normalized spacial score (nSPS) is 10.9. The van der Waals surface area contributed by atoms with Crippen molar-refractivity contribution < 1.29 is 4.79 Å². The van der Waals surface area contributed by atoms with Crippen LogP contribution in [0.1, 0.15) is 16.7 Å². The largest absolute Gasteiger partial charge is 0.328 e. The number of carbonyl (C=O) groups is 1. The fraction of sp³-hybridized carbons (Fsp3) is 0.263. The zero-order valence-corrected chi connectivity index (χ0v) is 15.1. The third-order valence-corrected chi connectivity index (χ3v) is 4.63. The molecule has 2 N–H and O–H groups in total. The minimum atomic E-state index is -0.313. The predicted octanol–water partition coefficient (Wildman–Crippen LogP) is 3.45. The van der Waals surface area contributed by atoms with E-state index < -0.39 is 0 Å². The molecule has 0 spiro atoms. The maximum atomic E-state index is 12.3. The summed E-state index contributed by atoms with van der Waals surface area (Å²) in [5.74, 6) is 0. The number of amides is 2. The van der Waals surface area contributed by atoms with Crippen LogP contribution in [0.2, 0.25) is 0 Å². The number of benzene rings is 2. The van der Waals surface area contributed by atoms with Crippen molar-refractivity contribution in [1.29, 1.82) is 0 Å². The Hall–Kier alpha value is -3.02. The molecule has 0 aliphatic carbocycles. The van der Waals surface area contributed by atoms with Crippen molar-refractivity contribution in [1.82, 2.24) is 9.13 Å². The van der Waals surface area contributed by atoms with Crippen molar-refractivity contribution in [3.8, 4) is 0 Å². The summed E-state index contributed by atoms with van der Waals surface area (Å²) in [7, 11) is 3.46. The highest BCUT2D eigenvalue weighted by Gasteiger charge is 2.12. The molecule has 25 heavy (non-hydrogen) atoms. The molecule has 6 nitrogen and oxygen atoms in total. The summed E-state index contributed by atoms with van der Waals surface area (Å²) in [5.41, 5.74) is 6.13. The van der Waals surface area contributed by atoms with Gasteiger partial charge in [-0.2, -0.15) is 0 Å². The SMILES string of the molecule is Cc1ccc(NC(=O)Nc2cc3c(cc2C)n(C)c(=O)n3C)cc1C. The van der Waals surface area contributed by atoms with Crippen LogP contribution in [0.25, 0.3) is 11.0 Å². The van der Waals surface area contributed by atoms with Gasteiger partial charge in [0.1, 0.15) is 0 Å². The Morgan fingerprint density at radius 1 is 0.840 bits per heavy atom. The second-order valence-electron chi connectivity index (χ2n) is 6.43. The number of hydrogen-bond donors (Lipinski definition) is 2. The molecule has 3 rings (SSSR count). The number of nitrogens with one attached hydrogen (secondary N) is 2. The number of fused-ring (bicyclic) bond motifs is 1. The molecule has 6 heteroatoms. The quantitative estimate of drug-likeness (QED) is 0.751. The first-order valence-electron chi connectivity index (χ1n) is 8.09. The van der Waals surface area contributed by atoms with Crippen molar-refractivity contribution in [2.45, 2.75) is 20.8 Å². The van der Waals surface area contributed by atoms with Gasteiger partial charge in [-0.05, 0) is 61.7 Å². The molecule has 0 radical (unpaired) electrons. The molecule has 0 unspecified atom stereocenters. The van der Waals surface area contributed by atoms with Gasteiger partial charge in [0.15, 0.2) is 0 Å². The molecular formula is C19H22N4O2. The van der Waals surface area contributed by atoms with Crippen LogP contribution >= 0.6 is 0 Å². The van der Waals surface area contributed by atoms with Gasteiger partial charge >= 0.3 is 11.7 Å². The molecule has 130 valence electrons. The van der Waals surface area contributed by atoms with Gasteiger partial charge in [0.05, 0.1) is 11.0 Å². The van der Waals surface area contributed by atoms with E-state index in [4.69, 9.17) is 0 Å². The molecule has 0 aliphatic heterocycles. The lowest BCUT2D eigenvalue weighted by Crippen LogP contribution is -2.20. The van der Waals surface area contributed by atoms with Crippen LogP contribution < -0.4 is 16.3 Å². The first-order chi connectivity index (χ1) is 11.8. The Morgan fingerprint density at radius 2 is 1.48 bits per heavy atom. The van der Waals surface area contributed by atoms with Crippen molar-refractivity contribution in [3.05, 3.63) is 57.5 Å². The summed E-state index contributed by atoms with van der Waals surface area (Å²) in [6.45, 7) is 5.94. The Morgan fingerprint density at radius 3 is 2.12 bits per heavy atom. The number of aromatic nitrogens is 2. The molecule has 0 saturated heterocycles. The van der Waals surface area contributed by atoms with Gasteiger partial charge in [-0.3, -0.25) is 9.13 Å². The first-order valence-corrected chi connectivity index (χ1v) is 8.09. The molecule has 0 atom stereocenters. The van der Waals surface area contributed by atoms with Gasteiger partial charge in [-0.15, -0.1) is 0 Å². The number of imidazole rings is 1. The second-order valence-corrected chi connectivity index (χ2v) is 6.43. The molecule has 2 amide bonds. The Labute approximate surface area is 146 Å². The third kappa shape index (κ3) is 3.03. The maximum Gasteiger partial charge on any atom is 0.328 e. The minimum absolute atomic E-state index is 0.0915. The molecule has 0 bridgehead atoms. The number of rotatable bonds is 2. The highest BCUT2D eigenvalue weighted by Crippen LogP contribution is 2.23. The Balaban J connectivity index is 1.88. The monoisotopic (exact) mass is 338 g/mol. The van der Waals surface area contributed by atoms with Gasteiger partial charge in [-0.25, -0.2) is 9.59 Å². The summed E-state index contributed by atoms with van der Waals surface area (Å²) in [5, 5.41) is 5.71. The number of hydrogen-bond acceptors (Lipinski definition) is 2. The number of nitrogens with zero attached hydrogens (tertiary/aromatic N) is 2. The van der Waals surface area contributed by atoms with E-state index in [1.165, 1.54) is 5.56 Å². The summed E-state index contributed by atoms with van der Waals surface area (Å²) in [6, 6.07) is 9.20.